The van der Waals surface area contributed by atoms with Crippen LogP contribution in [0.3, 0.4) is 0 Å². The standard InChI is InChI=1S/C8H8O2/c1-6-2-4-7(5-3-6)8(9)10/h2-5,7H,1H2,(H,9,10)/p-1. The molecule has 2 heteroatoms. The van der Waals surface area contributed by atoms with Crippen LogP contribution >= 0.6 is 0 Å². The summed E-state index contributed by atoms with van der Waals surface area (Å²) in [5.74, 6) is -1.65. The average Bonchev–Trinajstić information content (AvgIpc) is 1.88. The molecule has 0 unspecified atom stereocenters. The Labute approximate surface area is 59.2 Å². The molecule has 0 aliphatic heterocycles. The maximum Gasteiger partial charge on any atom is 0.0521 e. The lowest BCUT2D eigenvalue weighted by Crippen LogP contribution is -2.29. The molecule has 0 aromatic heterocycles. The zero-order valence-corrected chi connectivity index (χ0v) is 5.41. The van der Waals surface area contributed by atoms with E-state index in [1.54, 1.807) is 24.3 Å². The highest BCUT2D eigenvalue weighted by Gasteiger charge is 2.03. The van der Waals surface area contributed by atoms with Gasteiger partial charge < -0.3 is 9.90 Å². The van der Waals surface area contributed by atoms with Crippen molar-refractivity contribution < 1.29 is 9.90 Å². The molecule has 2 nitrogen and oxygen atoms in total. The Morgan fingerprint density at radius 2 is 2.00 bits per heavy atom. The fourth-order valence-corrected chi connectivity index (χ4v) is 0.731. The third-order valence-corrected chi connectivity index (χ3v) is 1.31. The third-order valence-electron chi connectivity index (χ3n) is 1.31. The van der Waals surface area contributed by atoms with Gasteiger partial charge in [-0.05, 0) is 5.57 Å². The molecule has 0 atom stereocenters. The van der Waals surface area contributed by atoms with Gasteiger partial charge in [0.1, 0.15) is 0 Å². The van der Waals surface area contributed by atoms with Crippen LogP contribution in [0.5, 0.6) is 0 Å². The van der Waals surface area contributed by atoms with Crippen molar-refractivity contribution in [2.75, 3.05) is 0 Å². The maximum absolute atomic E-state index is 10.2. The fourth-order valence-electron chi connectivity index (χ4n) is 0.731. The number of carboxylic acid groups (broad SMARTS) is 1. The number of aliphatic carboxylic acids is 1. The zero-order chi connectivity index (χ0) is 7.56. The van der Waals surface area contributed by atoms with Gasteiger partial charge in [-0.15, -0.1) is 0 Å². The van der Waals surface area contributed by atoms with E-state index in [1.165, 1.54) is 0 Å². The van der Waals surface area contributed by atoms with Crippen LogP contribution in [0.2, 0.25) is 0 Å². The molecule has 0 fully saturated rings. The summed E-state index contributed by atoms with van der Waals surface area (Å²) < 4.78 is 0. The molecule has 1 aliphatic rings. The molecule has 0 bridgehead atoms. The van der Waals surface area contributed by atoms with Crippen LogP contribution in [0, 0.1) is 5.92 Å². The third kappa shape index (κ3) is 1.35. The first-order chi connectivity index (χ1) is 4.70. The number of hydrogen-bond donors (Lipinski definition) is 0. The lowest BCUT2D eigenvalue weighted by Gasteiger charge is -2.11. The molecule has 52 valence electrons. The second kappa shape index (κ2) is 2.52. The van der Waals surface area contributed by atoms with Crippen molar-refractivity contribution in [2.45, 2.75) is 0 Å². The molecule has 0 radical (unpaired) electrons. The van der Waals surface area contributed by atoms with Gasteiger partial charge in [-0.2, -0.15) is 0 Å². The molecule has 0 spiro atoms. The molecule has 0 amide bonds. The summed E-state index contributed by atoms with van der Waals surface area (Å²) >= 11 is 0. The van der Waals surface area contributed by atoms with E-state index in [0.29, 0.717) is 0 Å². The van der Waals surface area contributed by atoms with Gasteiger partial charge in [0.15, 0.2) is 0 Å². The van der Waals surface area contributed by atoms with Gasteiger partial charge in [-0.1, -0.05) is 30.9 Å². The number of carbonyl (C=O) groups is 1. The van der Waals surface area contributed by atoms with E-state index in [2.05, 4.69) is 6.58 Å². The minimum Gasteiger partial charge on any atom is -0.549 e. The Hall–Kier alpha value is -1.31. The van der Waals surface area contributed by atoms with Gasteiger partial charge in [-0.3, -0.25) is 0 Å². The second-order valence-corrected chi connectivity index (χ2v) is 2.14. The van der Waals surface area contributed by atoms with E-state index in [9.17, 15) is 9.90 Å². The van der Waals surface area contributed by atoms with Crippen LogP contribution in [0.25, 0.3) is 0 Å². The summed E-state index contributed by atoms with van der Waals surface area (Å²) in [5.41, 5.74) is 0.817. The summed E-state index contributed by atoms with van der Waals surface area (Å²) in [5, 5.41) is 10.2. The first-order valence-corrected chi connectivity index (χ1v) is 2.96. The Morgan fingerprint density at radius 1 is 1.50 bits per heavy atom. The lowest BCUT2D eigenvalue weighted by molar-refractivity contribution is -0.308. The van der Waals surface area contributed by atoms with Crippen LogP contribution in [-0.4, -0.2) is 5.97 Å². The van der Waals surface area contributed by atoms with Gasteiger partial charge in [0.25, 0.3) is 0 Å². The zero-order valence-electron chi connectivity index (χ0n) is 5.41. The second-order valence-electron chi connectivity index (χ2n) is 2.14. The minimum atomic E-state index is -1.07. The van der Waals surface area contributed by atoms with Gasteiger partial charge in [0, 0.05) is 5.92 Å². The Balaban J connectivity index is 2.71. The average molecular weight is 135 g/mol. The SMILES string of the molecule is C=C1C=CC(C(=O)[O-])C=C1. The maximum atomic E-state index is 10.2. The van der Waals surface area contributed by atoms with Crippen molar-refractivity contribution in [1.82, 2.24) is 0 Å². The number of rotatable bonds is 1. The molecular formula is C8H7O2-. The van der Waals surface area contributed by atoms with E-state index in [-0.39, 0.29) is 0 Å². The highest BCUT2D eigenvalue weighted by molar-refractivity contribution is 5.73. The van der Waals surface area contributed by atoms with Crippen molar-refractivity contribution in [3.05, 3.63) is 36.5 Å². The largest absolute Gasteiger partial charge is 0.549 e. The molecule has 0 aromatic rings. The van der Waals surface area contributed by atoms with Crippen LogP contribution in [-0.2, 0) is 4.79 Å². The Morgan fingerprint density at radius 3 is 2.40 bits per heavy atom. The number of carboxylic acids is 1. The predicted octanol–water partition coefficient (Wildman–Crippen LogP) is 0.0347. The smallest absolute Gasteiger partial charge is 0.0521 e. The Bertz CT molecular complexity index is 207. The van der Waals surface area contributed by atoms with Crippen molar-refractivity contribution >= 4 is 5.97 Å². The number of allylic oxidation sites excluding steroid dienone is 3. The topological polar surface area (TPSA) is 40.1 Å². The number of hydrogen-bond acceptors (Lipinski definition) is 2. The summed E-state index contributed by atoms with van der Waals surface area (Å²) in [4.78, 5) is 10.2. The first-order valence-electron chi connectivity index (χ1n) is 2.96. The van der Waals surface area contributed by atoms with Crippen LogP contribution < -0.4 is 5.11 Å². The number of carbonyl (C=O) groups excluding carboxylic acids is 1. The lowest BCUT2D eigenvalue weighted by atomic mass is 10.0. The summed E-state index contributed by atoms with van der Waals surface area (Å²) in [7, 11) is 0. The molecule has 10 heavy (non-hydrogen) atoms. The molecule has 0 saturated carbocycles. The van der Waals surface area contributed by atoms with Crippen molar-refractivity contribution in [2.24, 2.45) is 5.92 Å². The highest BCUT2D eigenvalue weighted by Crippen LogP contribution is 2.10. The van der Waals surface area contributed by atoms with E-state index in [1.807, 2.05) is 0 Å². The van der Waals surface area contributed by atoms with Crippen LogP contribution in [0.15, 0.2) is 36.5 Å². The van der Waals surface area contributed by atoms with Gasteiger partial charge in [0.05, 0.1) is 5.97 Å². The fraction of sp³-hybridized carbons (Fsp3) is 0.125. The summed E-state index contributed by atoms with van der Waals surface area (Å²) in [6.07, 6.45) is 6.44. The summed E-state index contributed by atoms with van der Waals surface area (Å²) in [6.45, 7) is 3.62. The van der Waals surface area contributed by atoms with E-state index in [4.69, 9.17) is 0 Å². The summed E-state index contributed by atoms with van der Waals surface area (Å²) in [6, 6.07) is 0. The predicted molar refractivity (Wildman–Crippen MR) is 35.9 cm³/mol. The molecule has 1 aliphatic carbocycles. The first kappa shape index (κ1) is 6.81. The van der Waals surface area contributed by atoms with Gasteiger partial charge >= 0.3 is 0 Å². The van der Waals surface area contributed by atoms with Gasteiger partial charge in [0.2, 0.25) is 0 Å². The van der Waals surface area contributed by atoms with E-state index < -0.39 is 11.9 Å². The quantitative estimate of drug-likeness (QED) is 0.509. The molecule has 0 aromatic carbocycles. The van der Waals surface area contributed by atoms with Crippen molar-refractivity contribution in [3.63, 3.8) is 0 Å². The van der Waals surface area contributed by atoms with E-state index in [0.717, 1.165) is 5.57 Å². The molecular weight excluding hydrogens is 128 g/mol. The van der Waals surface area contributed by atoms with Crippen LogP contribution in [0.1, 0.15) is 0 Å². The minimum absolute atomic E-state index is 0.578. The highest BCUT2D eigenvalue weighted by atomic mass is 16.4. The normalized spacial score (nSPS) is 17.8. The van der Waals surface area contributed by atoms with Crippen LogP contribution in [0.4, 0.5) is 0 Å². The van der Waals surface area contributed by atoms with Crippen molar-refractivity contribution in [3.8, 4) is 0 Å². The van der Waals surface area contributed by atoms with Crippen molar-refractivity contribution in [1.29, 1.82) is 0 Å². The molecule has 0 saturated heterocycles. The molecule has 0 heterocycles. The molecule has 0 N–H and O–H groups in total. The molecule has 1 rings (SSSR count). The monoisotopic (exact) mass is 135 g/mol. The van der Waals surface area contributed by atoms with Gasteiger partial charge in [-0.25, -0.2) is 0 Å². The van der Waals surface area contributed by atoms with E-state index >= 15 is 0 Å². The Kier molecular flexibility index (Phi) is 1.71.